The van der Waals surface area contributed by atoms with E-state index in [0.717, 1.165) is 0 Å². The lowest BCUT2D eigenvalue weighted by Gasteiger charge is -2.34. The molecule has 0 unspecified atom stereocenters. The molecule has 10 rings (SSSR count). The molecule has 0 nitrogen and oxygen atoms in total. The summed E-state index contributed by atoms with van der Waals surface area (Å²) >= 11 is 0. The van der Waals surface area contributed by atoms with Crippen LogP contribution in [0.3, 0.4) is 0 Å². The molecule has 10 aromatic carbocycles. The molecule has 0 heterocycles. The molecule has 0 N–H and O–H groups in total. The average molecular weight is 767 g/mol. The van der Waals surface area contributed by atoms with Gasteiger partial charge in [0.1, 0.15) is 0 Å². The van der Waals surface area contributed by atoms with Crippen molar-refractivity contribution < 1.29 is 0 Å². The number of fused-ring (bicyclic) bond motifs is 2. The minimum absolute atomic E-state index is 1.17. The van der Waals surface area contributed by atoms with Gasteiger partial charge < -0.3 is 0 Å². The van der Waals surface area contributed by atoms with Gasteiger partial charge in [-0.25, -0.2) is 0 Å². The van der Waals surface area contributed by atoms with E-state index in [1.807, 2.05) is 0 Å². The third-order valence-electron chi connectivity index (χ3n) is 11.8. The third kappa shape index (κ3) is 6.62. The summed E-state index contributed by atoms with van der Waals surface area (Å²) in [5.74, 6) is 0. The zero-order chi connectivity index (χ0) is 39.4. The Morgan fingerprint density at radius 1 is 0.288 bits per heavy atom. The predicted octanol–water partition coefficient (Wildman–Crippen LogP) is 12.3. The molecular weight excluding hydrogens is 725 g/mol. The summed E-state index contributed by atoms with van der Waals surface area (Å²) in [5.41, 5.74) is 9.73. The van der Waals surface area contributed by atoms with Crippen molar-refractivity contribution in [1.29, 1.82) is 0 Å². The van der Waals surface area contributed by atoms with E-state index in [9.17, 15) is 0 Å². The van der Waals surface area contributed by atoms with E-state index in [0.29, 0.717) is 0 Å². The number of benzene rings is 10. The molecule has 59 heavy (non-hydrogen) atoms. The lowest BCUT2D eigenvalue weighted by Crippen LogP contribution is -2.74. The Hall–Kier alpha value is -7.32. The van der Waals surface area contributed by atoms with E-state index in [4.69, 9.17) is 0 Å². The topological polar surface area (TPSA) is 0 Å². The lowest BCUT2D eigenvalue weighted by molar-refractivity contribution is 1.55. The Balaban J connectivity index is 1.15. The zero-order valence-corrected chi connectivity index (χ0v) is 33.7. The number of rotatable bonds is 9. The van der Waals surface area contributed by atoms with Crippen LogP contribution in [0.4, 0.5) is 0 Å². The Kier molecular flexibility index (Phi) is 9.72. The van der Waals surface area contributed by atoms with Crippen molar-refractivity contribution in [2.75, 3.05) is 0 Å². The Morgan fingerprint density at radius 2 is 0.644 bits per heavy atom. The molecule has 0 spiro atoms. The van der Waals surface area contributed by atoms with Crippen LogP contribution in [-0.2, 0) is 0 Å². The summed E-state index contributed by atoms with van der Waals surface area (Å²) in [4.78, 5) is 0. The van der Waals surface area contributed by atoms with E-state index in [2.05, 4.69) is 255 Å². The molecule has 0 bridgehead atoms. The van der Waals surface area contributed by atoms with Crippen LogP contribution in [0.5, 0.6) is 0 Å². The maximum Gasteiger partial charge on any atom is 0.179 e. The summed E-state index contributed by atoms with van der Waals surface area (Å²) in [6.45, 7) is 0. The molecule has 0 radical (unpaired) electrons. The van der Waals surface area contributed by atoms with E-state index >= 15 is 0 Å². The van der Waals surface area contributed by atoms with E-state index in [1.54, 1.807) is 0 Å². The largest absolute Gasteiger partial charge is 0.179 e. The molecule has 0 atom stereocenters. The normalized spacial score (nSPS) is 11.4. The molecule has 1 heteroatoms. The molecule has 0 saturated carbocycles. The summed E-state index contributed by atoms with van der Waals surface area (Å²) in [7, 11) is -2.65. The van der Waals surface area contributed by atoms with Crippen molar-refractivity contribution in [2.45, 2.75) is 0 Å². The van der Waals surface area contributed by atoms with Crippen LogP contribution in [0, 0.1) is 0 Å². The van der Waals surface area contributed by atoms with Gasteiger partial charge >= 0.3 is 0 Å². The van der Waals surface area contributed by atoms with Crippen molar-refractivity contribution in [2.24, 2.45) is 0 Å². The fourth-order valence-corrected chi connectivity index (χ4v) is 14.0. The standard InChI is InChI=1S/C58H42Si/c1-6-22-44(23-7-1)56(45-24-8-2-9-25-45)42-43-21-20-26-47(41-43)58-54-35-18-16-33-52(54)57(53-34-17-19-36-55(53)58)46-37-39-51(40-38-46)59(48-27-10-3-11-28-48,49-29-12-4-13-30-49)50-31-14-5-15-32-50/h1-42H. The first-order valence-electron chi connectivity index (χ1n) is 20.4. The van der Waals surface area contributed by atoms with Gasteiger partial charge in [0.15, 0.2) is 8.07 Å². The molecule has 0 saturated heterocycles. The van der Waals surface area contributed by atoms with Gasteiger partial charge in [-0.05, 0) is 99.0 Å². The van der Waals surface area contributed by atoms with Crippen LogP contribution in [0.2, 0.25) is 0 Å². The van der Waals surface area contributed by atoms with Crippen LogP contribution in [0.15, 0.2) is 249 Å². The Bertz CT molecular complexity index is 2850. The molecule has 0 amide bonds. The SMILES string of the molecule is C(=C(c1ccccc1)c1ccccc1)c1cccc(-c2c3ccccc3c(-c3ccc([Si](c4ccccc4)(c4ccccc4)c4ccccc4)cc3)c3ccccc23)c1. The second-order valence-corrected chi connectivity index (χ2v) is 19.0. The summed E-state index contributed by atoms with van der Waals surface area (Å²) in [5, 5.41) is 10.5. The van der Waals surface area contributed by atoms with Crippen molar-refractivity contribution in [3.05, 3.63) is 265 Å². The second-order valence-electron chi connectivity index (χ2n) is 15.2. The summed E-state index contributed by atoms with van der Waals surface area (Å²) in [6.07, 6.45) is 2.33. The first-order valence-corrected chi connectivity index (χ1v) is 22.4. The van der Waals surface area contributed by atoms with Crippen LogP contribution in [0.1, 0.15) is 16.7 Å². The smallest absolute Gasteiger partial charge is 0.0623 e. The highest BCUT2D eigenvalue weighted by Crippen LogP contribution is 2.44. The van der Waals surface area contributed by atoms with Gasteiger partial charge in [0.25, 0.3) is 0 Å². The quantitative estimate of drug-likeness (QED) is 0.0594. The molecule has 0 aliphatic rings. The van der Waals surface area contributed by atoms with Gasteiger partial charge in [0.05, 0.1) is 0 Å². The fourth-order valence-electron chi connectivity index (χ4n) is 9.22. The summed E-state index contributed by atoms with van der Waals surface area (Å²) < 4.78 is 0. The van der Waals surface area contributed by atoms with Crippen molar-refractivity contribution >= 4 is 62.0 Å². The predicted molar refractivity (Wildman–Crippen MR) is 256 cm³/mol. The number of hydrogen-bond donors (Lipinski definition) is 0. The Morgan fingerprint density at radius 3 is 1.07 bits per heavy atom. The maximum absolute atomic E-state index is 2.65. The van der Waals surface area contributed by atoms with Gasteiger partial charge in [0.2, 0.25) is 0 Å². The lowest BCUT2D eigenvalue weighted by atomic mass is 9.85. The van der Waals surface area contributed by atoms with Crippen LogP contribution < -0.4 is 20.7 Å². The molecule has 0 aliphatic heterocycles. The van der Waals surface area contributed by atoms with Gasteiger partial charge in [-0.1, -0.05) is 243 Å². The first kappa shape index (κ1) is 36.0. The highest BCUT2D eigenvalue weighted by molar-refractivity contribution is 7.19. The second kappa shape index (κ2) is 15.9. The van der Waals surface area contributed by atoms with Gasteiger partial charge in [-0.2, -0.15) is 0 Å². The molecule has 0 fully saturated rings. The maximum atomic E-state index is 2.42. The Labute approximate surface area is 348 Å². The van der Waals surface area contributed by atoms with Crippen LogP contribution in [0.25, 0.3) is 55.4 Å². The molecule has 0 aromatic heterocycles. The zero-order valence-electron chi connectivity index (χ0n) is 32.7. The summed E-state index contributed by atoms with van der Waals surface area (Å²) in [6, 6.07) is 91.5. The van der Waals surface area contributed by atoms with Crippen molar-refractivity contribution in [1.82, 2.24) is 0 Å². The van der Waals surface area contributed by atoms with Crippen molar-refractivity contribution in [3.8, 4) is 22.3 Å². The fraction of sp³-hybridized carbons (Fsp3) is 0. The third-order valence-corrected chi connectivity index (χ3v) is 16.6. The van der Waals surface area contributed by atoms with E-state index in [-0.39, 0.29) is 0 Å². The highest BCUT2D eigenvalue weighted by Gasteiger charge is 2.41. The van der Waals surface area contributed by atoms with E-state index < -0.39 is 8.07 Å². The van der Waals surface area contributed by atoms with Crippen molar-refractivity contribution in [3.63, 3.8) is 0 Å². The molecule has 0 aliphatic carbocycles. The molecular formula is C58H42Si. The van der Waals surface area contributed by atoms with Gasteiger partial charge in [-0.15, -0.1) is 0 Å². The first-order chi connectivity index (χ1) is 29.3. The molecule has 10 aromatic rings. The van der Waals surface area contributed by atoms with Crippen LogP contribution in [-0.4, -0.2) is 8.07 Å². The molecule has 278 valence electrons. The minimum Gasteiger partial charge on any atom is -0.0623 e. The monoisotopic (exact) mass is 766 g/mol. The number of hydrogen-bond acceptors (Lipinski definition) is 0. The van der Waals surface area contributed by atoms with Gasteiger partial charge in [-0.3, -0.25) is 0 Å². The van der Waals surface area contributed by atoms with E-state index in [1.165, 1.54) is 86.8 Å². The van der Waals surface area contributed by atoms with Crippen LogP contribution >= 0.6 is 0 Å². The average Bonchev–Trinajstić information content (AvgIpc) is 3.32. The minimum atomic E-state index is -2.65. The van der Waals surface area contributed by atoms with Gasteiger partial charge in [0, 0.05) is 0 Å². The highest BCUT2D eigenvalue weighted by atomic mass is 28.3.